The average Bonchev–Trinajstić information content (AvgIpc) is 3.60. The number of likely N-dealkylation sites (tertiary alicyclic amines) is 1. The molecule has 1 aromatic heterocycles. The van der Waals surface area contributed by atoms with Gasteiger partial charge in [-0.15, -0.1) is 0 Å². The van der Waals surface area contributed by atoms with Gasteiger partial charge in [-0.2, -0.15) is 0 Å². The Hall–Kier alpha value is -5.23. The standard InChI is InChI=1S/C24H32N4O5S.C17H15NO/c1-17(29)28-15-9-12-20(28)22(30)26-24-16-18(24)10-5-3-2-4-8-14-25-19-11-6-7-13-21(19)34(32,33)27-23(24)31;1-12-10-16(13-6-4-3-5-7-13)18-17-11-14(19-2)8-9-15(12)17/h5-7,10-11,13,18,20,25H,2-4,8-9,12,14-16H2,1H3,(H,26,30)(H,27,31);3-11H,1-2H3/b10-5-;/t18-,20+,24-;/m1./s1. The number of pyridine rings is 1. The fraction of sp³-hybridized carbons (Fsp3) is 0.366. The maximum absolute atomic E-state index is 13.4. The minimum atomic E-state index is -4.17. The summed E-state index contributed by atoms with van der Waals surface area (Å²) in [6.07, 6.45) is 9.13. The van der Waals surface area contributed by atoms with E-state index in [2.05, 4.69) is 46.5 Å². The zero-order valence-electron chi connectivity index (χ0n) is 30.4. The van der Waals surface area contributed by atoms with Gasteiger partial charge in [0.2, 0.25) is 11.8 Å². The van der Waals surface area contributed by atoms with Gasteiger partial charge in [-0.3, -0.25) is 14.4 Å². The maximum Gasteiger partial charge on any atom is 0.266 e. The maximum atomic E-state index is 13.4. The van der Waals surface area contributed by atoms with Crippen molar-refractivity contribution in [2.24, 2.45) is 5.92 Å². The summed E-state index contributed by atoms with van der Waals surface area (Å²) in [5, 5.41) is 7.15. The molecule has 278 valence electrons. The van der Waals surface area contributed by atoms with Crippen LogP contribution >= 0.6 is 0 Å². The number of ether oxygens (including phenoxy) is 1. The van der Waals surface area contributed by atoms with E-state index in [1.165, 1.54) is 28.8 Å². The summed E-state index contributed by atoms with van der Waals surface area (Å²) < 4.78 is 33.8. The topological polar surface area (TPSA) is 147 Å². The smallest absolute Gasteiger partial charge is 0.266 e. The zero-order valence-corrected chi connectivity index (χ0v) is 31.2. The fourth-order valence-electron chi connectivity index (χ4n) is 7.13. The summed E-state index contributed by atoms with van der Waals surface area (Å²) in [4.78, 5) is 44.6. The molecule has 3 amide bonds. The summed E-state index contributed by atoms with van der Waals surface area (Å²) in [6, 6.07) is 24.2. The number of nitrogens with one attached hydrogen (secondary N) is 3. The van der Waals surface area contributed by atoms with Crippen LogP contribution < -0.4 is 20.1 Å². The number of methoxy groups -OCH3 is 1. The largest absolute Gasteiger partial charge is 0.497 e. The van der Waals surface area contributed by atoms with Crippen molar-refractivity contribution >= 4 is 44.3 Å². The second-order valence-corrected chi connectivity index (χ2v) is 15.5. The molecule has 3 aromatic carbocycles. The lowest BCUT2D eigenvalue weighted by molar-refractivity contribution is -0.138. The first kappa shape index (κ1) is 37.5. The Labute approximate surface area is 311 Å². The molecule has 4 aromatic rings. The molecule has 0 unspecified atom stereocenters. The highest BCUT2D eigenvalue weighted by molar-refractivity contribution is 7.90. The van der Waals surface area contributed by atoms with Crippen LogP contribution in [0.1, 0.15) is 57.4 Å². The van der Waals surface area contributed by atoms with Crippen LogP contribution in [0.2, 0.25) is 0 Å². The fourth-order valence-corrected chi connectivity index (χ4v) is 8.35. The van der Waals surface area contributed by atoms with Crippen molar-refractivity contribution in [2.75, 3.05) is 25.5 Å². The Kier molecular flexibility index (Phi) is 11.5. The van der Waals surface area contributed by atoms with Gasteiger partial charge in [0.15, 0.2) is 0 Å². The number of anilines is 1. The molecule has 3 aliphatic rings. The number of benzene rings is 3. The van der Waals surface area contributed by atoms with Crippen molar-refractivity contribution < 1.29 is 27.5 Å². The predicted molar refractivity (Wildman–Crippen MR) is 206 cm³/mol. The lowest BCUT2D eigenvalue weighted by Gasteiger charge is -2.26. The van der Waals surface area contributed by atoms with Gasteiger partial charge in [0.05, 0.1) is 24.0 Å². The molecule has 1 saturated heterocycles. The summed E-state index contributed by atoms with van der Waals surface area (Å²) in [5.74, 6) is -0.841. The first-order valence-electron chi connectivity index (χ1n) is 18.2. The molecule has 1 aliphatic carbocycles. The normalized spacial score (nSPS) is 22.9. The Bertz CT molecular complexity index is 2120. The van der Waals surface area contributed by atoms with Crippen LogP contribution in [-0.4, -0.2) is 67.8 Å². The first-order valence-corrected chi connectivity index (χ1v) is 19.7. The van der Waals surface area contributed by atoms with E-state index >= 15 is 0 Å². The number of hydrogen-bond donors (Lipinski definition) is 3. The Morgan fingerprint density at radius 1 is 0.981 bits per heavy atom. The Balaban J connectivity index is 0.000000213. The van der Waals surface area contributed by atoms with Gasteiger partial charge in [-0.05, 0) is 81.3 Å². The number of nitrogens with zero attached hydrogens (tertiary/aromatic N) is 2. The third-order valence-electron chi connectivity index (χ3n) is 10.2. The van der Waals surface area contributed by atoms with E-state index in [0.717, 1.165) is 48.2 Å². The van der Waals surface area contributed by atoms with Crippen molar-refractivity contribution in [2.45, 2.75) is 75.3 Å². The molecule has 12 heteroatoms. The van der Waals surface area contributed by atoms with E-state index in [1.807, 2.05) is 42.5 Å². The average molecular weight is 738 g/mol. The van der Waals surface area contributed by atoms with Crippen LogP contribution in [0.25, 0.3) is 22.2 Å². The highest BCUT2D eigenvalue weighted by Crippen LogP contribution is 2.46. The zero-order chi connectivity index (χ0) is 37.6. The Morgan fingerprint density at radius 3 is 2.53 bits per heavy atom. The van der Waals surface area contributed by atoms with Crippen molar-refractivity contribution in [3.63, 3.8) is 0 Å². The van der Waals surface area contributed by atoms with Crippen molar-refractivity contribution in [1.29, 1.82) is 0 Å². The third-order valence-corrected chi connectivity index (χ3v) is 11.5. The summed E-state index contributed by atoms with van der Waals surface area (Å²) in [7, 11) is -2.50. The number of allylic oxidation sites excluding steroid dienone is 1. The van der Waals surface area contributed by atoms with Crippen LogP contribution in [0, 0.1) is 12.8 Å². The molecule has 1 saturated carbocycles. The molecule has 3 heterocycles. The third kappa shape index (κ3) is 8.54. The number of rotatable bonds is 4. The molecule has 0 radical (unpaired) electrons. The summed E-state index contributed by atoms with van der Waals surface area (Å²) in [5.41, 5.74) is 3.41. The van der Waals surface area contributed by atoms with Crippen LogP contribution in [-0.2, 0) is 24.4 Å². The number of sulfonamides is 1. The van der Waals surface area contributed by atoms with Gasteiger partial charge in [-0.25, -0.2) is 18.1 Å². The minimum absolute atomic E-state index is 0.00834. The number of aryl methyl sites for hydroxylation is 1. The number of hydrogen-bond acceptors (Lipinski definition) is 8. The molecule has 11 nitrogen and oxygen atoms in total. The number of fused-ring (bicyclic) bond motifs is 3. The highest BCUT2D eigenvalue weighted by Gasteiger charge is 2.61. The molecule has 53 heavy (non-hydrogen) atoms. The van der Waals surface area contributed by atoms with E-state index in [0.29, 0.717) is 38.0 Å². The quantitative estimate of drug-likeness (QED) is 0.212. The van der Waals surface area contributed by atoms with Crippen molar-refractivity contribution in [3.05, 3.63) is 96.6 Å². The number of amides is 3. The van der Waals surface area contributed by atoms with E-state index in [-0.39, 0.29) is 16.7 Å². The molecular weight excluding hydrogens is 691 g/mol. The molecule has 3 atom stereocenters. The summed E-state index contributed by atoms with van der Waals surface area (Å²) >= 11 is 0. The minimum Gasteiger partial charge on any atom is -0.497 e. The second-order valence-electron chi connectivity index (χ2n) is 13.9. The van der Waals surface area contributed by atoms with E-state index in [4.69, 9.17) is 9.72 Å². The van der Waals surface area contributed by atoms with Crippen molar-refractivity contribution in [1.82, 2.24) is 19.9 Å². The van der Waals surface area contributed by atoms with E-state index in [9.17, 15) is 22.8 Å². The molecular formula is C41H47N5O6S. The van der Waals surface area contributed by atoms with Gasteiger partial charge in [0.1, 0.15) is 22.2 Å². The second kappa shape index (κ2) is 16.2. The van der Waals surface area contributed by atoms with E-state index < -0.39 is 33.4 Å². The van der Waals surface area contributed by atoms with Gasteiger partial charge in [0.25, 0.3) is 15.9 Å². The van der Waals surface area contributed by atoms with Gasteiger partial charge in [0, 0.05) is 42.9 Å². The number of carbonyl (C=O) groups excluding carboxylic acids is 3. The van der Waals surface area contributed by atoms with Crippen LogP contribution in [0.3, 0.4) is 0 Å². The lowest BCUT2D eigenvalue weighted by atomic mass is 10.1. The Morgan fingerprint density at radius 2 is 1.75 bits per heavy atom. The predicted octanol–water partition coefficient (Wildman–Crippen LogP) is 6.14. The molecule has 3 N–H and O–H groups in total. The lowest BCUT2D eigenvalue weighted by Crippen LogP contribution is -2.56. The molecule has 2 aliphatic heterocycles. The highest BCUT2D eigenvalue weighted by atomic mass is 32.2. The van der Waals surface area contributed by atoms with Crippen LogP contribution in [0.4, 0.5) is 5.69 Å². The van der Waals surface area contributed by atoms with Crippen LogP contribution in [0.5, 0.6) is 5.75 Å². The number of para-hydroxylation sites is 1. The van der Waals surface area contributed by atoms with E-state index in [1.54, 1.807) is 25.3 Å². The van der Waals surface area contributed by atoms with Gasteiger partial charge < -0.3 is 20.3 Å². The first-order chi connectivity index (χ1) is 25.5. The van der Waals surface area contributed by atoms with Crippen LogP contribution in [0.15, 0.2) is 95.9 Å². The van der Waals surface area contributed by atoms with Gasteiger partial charge in [-0.1, -0.05) is 61.0 Å². The number of aromatic nitrogens is 1. The van der Waals surface area contributed by atoms with Gasteiger partial charge >= 0.3 is 0 Å². The monoisotopic (exact) mass is 737 g/mol. The molecule has 0 spiro atoms. The summed E-state index contributed by atoms with van der Waals surface area (Å²) in [6.45, 7) is 4.65. The molecule has 0 bridgehead atoms. The molecule has 7 rings (SSSR count). The SMILES string of the molecule is CC(=O)N1CCC[C@H]1C(=O)N[C@]12C[C@H]1/C=C\CCCCCNc1ccccc1S(=O)(=O)NC2=O.COc1ccc2c(C)cc(-c3ccccc3)nc2c1. The number of carbonyl (C=O) groups is 3. The van der Waals surface area contributed by atoms with Crippen molar-refractivity contribution in [3.8, 4) is 17.0 Å². The molecule has 2 fully saturated rings.